The Kier molecular flexibility index (Phi) is 5.49. The van der Waals surface area contributed by atoms with Gasteiger partial charge in [-0.1, -0.05) is 25.0 Å². The summed E-state index contributed by atoms with van der Waals surface area (Å²) in [6, 6.07) is 12.0. The quantitative estimate of drug-likeness (QED) is 0.671. The summed E-state index contributed by atoms with van der Waals surface area (Å²) in [5.41, 5.74) is 2.94. The highest BCUT2D eigenvalue weighted by atomic mass is 16.5. The highest BCUT2D eigenvalue weighted by Gasteiger charge is 2.33. The summed E-state index contributed by atoms with van der Waals surface area (Å²) in [6.07, 6.45) is 7.69. The molecule has 1 aromatic carbocycles. The number of hydrogen-bond donors (Lipinski definition) is 1. The van der Waals surface area contributed by atoms with Crippen molar-refractivity contribution >= 4 is 17.2 Å². The molecule has 1 aliphatic heterocycles. The van der Waals surface area contributed by atoms with Crippen LogP contribution in [-0.2, 0) is 6.54 Å². The summed E-state index contributed by atoms with van der Waals surface area (Å²) in [5, 5.41) is 3.06. The first kappa shape index (κ1) is 19.8. The number of ether oxygens (including phenoxy) is 1. The lowest BCUT2D eigenvalue weighted by atomic mass is 10.1. The van der Waals surface area contributed by atoms with Gasteiger partial charge in [0.25, 0.3) is 0 Å². The zero-order valence-corrected chi connectivity index (χ0v) is 18.0. The van der Waals surface area contributed by atoms with Crippen molar-refractivity contribution in [3.63, 3.8) is 0 Å². The number of nitrogens with zero attached hydrogens (tertiary/aromatic N) is 4. The zero-order valence-electron chi connectivity index (χ0n) is 18.0. The van der Waals surface area contributed by atoms with E-state index < -0.39 is 0 Å². The van der Waals surface area contributed by atoms with Gasteiger partial charge in [0.2, 0.25) is 0 Å². The van der Waals surface area contributed by atoms with E-state index in [-0.39, 0.29) is 12.1 Å². The third-order valence-electron chi connectivity index (χ3n) is 6.59. The Morgan fingerprint density at radius 2 is 2.06 bits per heavy atom. The number of carbonyl (C=O) groups is 1. The molecule has 1 saturated heterocycles. The molecule has 2 aromatic heterocycles. The molecule has 1 aliphatic carbocycles. The molecule has 31 heavy (non-hydrogen) atoms. The second-order valence-electron chi connectivity index (χ2n) is 8.57. The number of aromatic nitrogens is 3. The fourth-order valence-electron chi connectivity index (χ4n) is 4.99. The van der Waals surface area contributed by atoms with E-state index in [0.717, 1.165) is 41.3 Å². The number of hydrogen-bond acceptors (Lipinski definition) is 4. The Morgan fingerprint density at radius 3 is 2.90 bits per heavy atom. The lowest BCUT2D eigenvalue weighted by molar-refractivity contribution is 0.206. The van der Waals surface area contributed by atoms with Gasteiger partial charge >= 0.3 is 6.03 Å². The molecule has 0 spiro atoms. The number of imidazole rings is 1. The second-order valence-corrected chi connectivity index (χ2v) is 8.57. The molecule has 1 atom stereocenters. The van der Waals surface area contributed by atoms with Crippen LogP contribution in [0.3, 0.4) is 0 Å². The molecule has 0 bridgehead atoms. The maximum atomic E-state index is 12.8. The van der Waals surface area contributed by atoms with Gasteiger partial charge in [-0.3, -0.25) is 0 Å². The van der Waals surface area contributed by atoms with Crippen LogP contribution in [0.4, 0.5) is 4.79 Å². The molecule has 2 fully saturated rings. The van der Waals surface area contributed by atoms with Gasteiger partial charge in [-0.05, 0) is 49.1 Å². The van der Waals surface area contributed by atoms with Crippen LogP contribution in [0.25, 0.3) is 11.2 Å². The Labute approximate surface area is 182 Å². The number of amides is 2. The highest BCUT2D eigenvalue weighted by molar-refractivity contribution is 5.75. The molecule has 0 radical (unpaired) electrons. The topological polar surface area (TPSA) is 72.3 Å². The van der Waals surface area contributed by atoms with Crippen molar-refractivity contribution in [2.75, 3.05) is 20.2 Å². The van der Waals surface area contributed by atoms with Crippen molar-refractivity contribution in [2.24, 2.45) is 0 Å². The van der Waals surface area contributed by atoms with Crippen molar-refractivity contribution in [2.45, 2.75) is 50.6 Å². The Morgan fingerprint density at radius 1 is 1.19 bits per heavy atom. The monoisotopic (exact) mass is 419 g/mol. The highest BCUT2D eigenvalue weighted by Crippen LogP contribution is 2.37. The predicted octanol–water partition coefficient (Wildman–Crippen LogP) is 4.25. The number of urea groups is 1. The Balaban J connectivity index is 1.30. The maximum absolute atomic E-state index is 12.8. The summed E-state index contributed by atoms with van der Waals surface area (Å²) in [6.45, 7) is 1.91. The Bertz CT molecular complexity index is 1070. The van der Waals surface area contributed by atoms with Crippen LogP contribution in [0.5, 0.6) is 5.75 Å². The number of carbonyl (C=O) groups excluding carboxylic acids is 1. The summed E-state index contributed by atoms with van der Waals surface area (Å²) in [5.74, 6) is 2.46. The van der Waals surface area contributed by atoms with Crippen LogP contribution in [0.2, 0.25) is 0 Å². The maximum Gasteiger partial charge on any atom is 0.317 e. The first-order valence-corrected chi connectivity index (χ1v) is 11.2. The fraction of sp³-hybridized carbons (Fsp3) is 0.458. The average Bonchev–Trinajstić information content (AvgIpc) is 3.56. The molecule has 3 heterocycles. The summed E-state index contributed by atoms with van der Waals surface area (Å²) in [7, 11) is 1.65. The number of pyridine rings is 1. The van der Waals surface area contributed by atoms with E-state index in [1.165, 1.54) is 25.7 Å². The lowest BCUT2D eigenvalue weighted by Gasteiger charge is -2.21. The fourth-order valence-corrected chi connectivity index (χ4v) is 4.99. The summed E-state index contributed by atoms with van der Waals surface area (Å²) >= 11 is 0. The third kappa shape index (κ3) is 3.96. The van der Waals surface area contributed by atoms with Gasteiger partial charge in [0.05, 0.1) is 13.2 Å². The molecule has 3 aromatic rings. The predicted molar refractivity (Wildman–Crippen MR) is 119 cm³/mol. The van der Waals surface area contributed by atoms with Crippen LogP contribution in [-0.4, -0.2) is 45.7 Å². The molecule has 2 aliphatic rings. The van der Waals surface area contributed by atoms with E-state index in [4.69, 9.17) is 9.72 Å². The second kappa shape index (κ2) is 8.57. The standard InChI is InChI=1S/C24H29N5O2/c1-31-20-9-4-6-17(14-20)15-26-24(30)28-13-11-19(16-28)29-22(18-7-2-3-8-18)27-21-10-5-12-25-23(21)29/h4-6,9-10,12,14,18-19H,2-3,7-8,11,13,15-16H2,1H3,(H,26,30)/t19-/m0/s1. The van der Waals surface area contributed by atoms with Crippen molar-refractivity contribution in [1.29, 1.82) is 0 Å². The van der Waals surface area contributed by atoms with Crippen molar-refractivity contribution in [3.05, 3.63) is 54.0 Å². The number of rotatable bonds is 5. The molecule has 5 rings (SSSR count). The molecule has 2 amide bonds. The van der Waals surface area contributed by atoms with Gasteiger partial charge < -0.3 is 19.5 Å². The van der Waals surface area contributed by atoms with E-state index in [1.54, 1.807) is 7.11 Å². The number of likely N-dealkylation sites (tertiary alicyclic amines) is 1. The lowest BCUT2D eigenvalue weighted by Crippen LogP contribution is -2.38. The first-order chi connectivity index (χ1) is 15.2. The smallest absolute Gasteiger partial charge is 0.317 e. The van der Waals surface area contributed by atoms with Gasteiger partial charge in [-0.15, -0.1) is 0 Å². The number of methoxy groups -OCH3 is 1. The minimum atomic E-state index is -0.0230. The molecule has 7 nitrogen and oxygen atoms in total. The molecule has 1 saturated carbocycles. The molecule has 162 valence electrons. The van der Waals surface area contributed by atoms with Crippen molar-refractivity contribution < 1.29 is 9.53 Å². The van der Waals surface area contributed by atoms with E-state index >= 15 is 0 Å². The largest absolute Gasteiger partial charge is 0.497 e. The van der Waals surface area contributed by atoms with Crippen LogP contribution in [0.1, 0.15) is 55.5 Å². The van der Waals surface area contributed by atoms with Crippen molar-refractivity contribution in [1.82, 2.24) is 24.8 Å². The van der Waals surface area contributed by atoms with E-state index in [1.807, 2.05) is 47.5 Å². The van der Waals surface area contributed by atoms with Gasteiger partial charge in [0, 0.05) is 31.7 Å². The normalized spacial score (nSPS) is 19.3. The molecule has 7 heteroatoms. The molecular weight excluding hydrogens is 390 g/mol. The van der Waals surface area contributed by atoms with Crippen LogP contribution < -0.4 is 10.1 Å². The minimum absolute atomic E-state index is 0.0230. The number of benzene rings is 1. The summed E-state index contributed by atoms with van der Waals surface area (Å²) in [4.78, 5) is 24.4. The number of fused-ring (bicyclic) bond motifs is 1. The Hall–Kier alpha value is -3.09. The summed E-state index contributed by atoms with van der Waals surface area (Å²) < 4.78 is 7.60. The zero-order chi connectivity index (χ0) is 21.2. The molecular formula is C24H29N5O2. The first-order valence-electron chi connectivity index (χ1n) is 11.2. The van der Waals surface area contributed by atoms with E-state index in [2.05, 4.69) is 14.9 Å². The van der Waals surface area contributed by atoms with Gasteiger partial charge in [-0.2, -0.15) is 0 Å². The molecule has 1 N–H and O–H groups in total. The van der Waals surface area contributed by atoms with Crippen LogP contribution >= 0.6 is 0 Å². The number of nitrogens with one attached hydrogen (secondary N) is 1. The van der Waals surface area contributed by atoms with E-state index in [9.17, 15) is 4.79 Å². The minimum Gasteiger partial charge on any atom is -0.497 e. The van der Waals surface area contributed by atoms with Gasteiger partial charge in [0.15, 0.2) is 5.65 Å². The SMILES string of the molecule is COc1cccc(CNC(=O)N2CC[C@H](n3c(C4CCCC4)nc4cccnc43)C2)c1. The van der Waals surface area contributed by atoms with Crippen LogP contribution in [0.15, 0.2) is 42.6 Å². The van der Waals surface area contributed by atoms with E-state index in [0.29, 0.717) is 19.0 Å². The van der Waals surface area contributed by atoms with Gasteiger partial charge in [-0.25, -0.2) is 14.8 Å². The van der Waals surface area contributed by atoms with Crippen molar-refractivity contribution in [3.8, 4) is 5.75 Å². The van der Waals surface area contributed by atoms with Crippen LogP contribution in [0, 0.1) is 0 Å². The average molecular weight is 420 g/mol. The molecule has 0 unspecified atom stereocenters. The van der Waals surface area contributed by atoms with Gasteiger partial charge in [0.1, 0.15) is 17.1 Å². The third-order valence-corrected chi connectivity index (χ3v) is 6.59.